The Balaban J connectivity index is 0.000000381. The fourth-order valence-electron chi connectivity index (χ4n) is 3.82. The summed E-state index contributed by atoms with van der Waals surface area (Å²) >= 11 is 0. The quantitative estimate of drug-likeness (QED) is 0.208. The second kappa shape index (κ2) is 15.8. The molecule has 4 aromatic rings. The van der Waals surface area contributed by atoms with Crippen LogP contribution in [0, 0.1) is 10.3 Å². The zero-order valence-electron chi connectivity index (χ0n) is 23.6. The third kappa shape index (κ3) is 8.56. The first kappa shape index (κ1) is 35.1. The minimum Gasteiger partial charge on any atom is -0.497 e. The molecule has 0 aromatic heterocycles. The molecule has 0 fully saturated rings. The predicted octanol–water partition coefficient (Wildman–Crippen LogP) is 6.97. The van der Waals surface area contributed by atoms with Gasteiger partial charge in [-0.3, -0.25) is 0 Å². The molecule has 0 bridgehead atoms. The summed E-state index contributed by atoms with van der Waals surface area (Å²) in [6, 6.07) is 31.1. The highest BCUT2D eigenvalue weighted by atomic mass is 35.5. The molecule has 0 spiro atoms. The van der Waals surface area contributed by atoms with Crippen molar-refractivity contribution < 1.29 is 18.9 Å². The van der Waals surface area contributed by atoms with E-state index in [1.807, 2.05) is 110 Å². The molecule has 4 aromatic carbocycles. The minimum atomic E-state index is -2.07. The van der Waals surface area contributed by atoms with Crippen LogP contribution in [-0.2, 0) is 0 Å². The Bertz CT molecular complexity index is 1200. The fraction of sp³-hybridized carbons (Fsp3) is 0.200. The van der Waals surface area contributed by atoms with E-state index < -0.39 is 14.1 Å². The van der Waals surface area contributed by atoms with Crippen LogP contribution in [0.15, 0.2) is 97.1 Å². The number of rotatable bonds is 8. The molecule has 2 N–H and O–H groups in total. The van der Waals surface area contributed by atoms with E-state index >= 15 is 0 Å². The Morgan fingerprint density at radius 3 is 0.650 bits per heavy atom. The number of halogens is 2. The van der Waals surface area contributed by atoms with Crippen molar-refractivity contribution in [1.82, 2.24) is 0 Å². The zero-order valence-corrected chi connectivity index (χ0v) is 27.0. The second-order valence-electron chi connectivity index (χ2n) is 8.80. The molecule has 0 aliphatic rings. The Labute approximate surface area is 250 Å². The average molecular weight is 623 g/mol. The van der Waals surface area contributed by atoms with Crippen LogP contribution in [0.5, 0.6) is 23.0 Å². The van der Waals surface area contributed by atoms with Gasteiger partial charge < -0.3 is 29.3 Å². The van der Waals surface area contributed by atoms with Crippen LogP contribution in [0.2, 0.25) is 0 Å². The van der Waals surface area contributed by atoms with Crippen LogP contribution in [0.25, 0.3) is 0 Å². The van der Waals surface area contributed by atoms with E-state index in [4.69, 9.17) is 29.3 Å². The predicted molar refractivity (Wildman–Crippen MR) is 176 cm³/mol. The van der Waals surface area contributed by atoms with Gasteiger partial charge in [-0.05, 0) is 132 Å². The molecule has 0 amide bonds. The van der Waals surface area contributed by atoms with Crippen LogP contribution in [0.1, 0.15) is 0 Å². The molecule has 0 aliphatic carbocycles. The highest BCUT2D eigenvalue weighted by Gasteiger charge is 2.17. The fourth-order valence-corrected chi connectivity index (χ4v) is 7.40. The van der Waals surface area contributed by atoms with E-state index in [0.29, 0.717) is 0 Å². The normalized spacial score (nSPS) is 10.6. The van der Waals surface area contributed by atoms with Gasteiger partial charge in [0.25, 0.3) is 0 Å². The number of nitrogens with one attached hydrogen (secondary N) is 2. The molecule has 0 unspecified atom stereocenters. The summed E-state index contributed by atoms with van der Waals surface area (Å²) < 4.78 is 20.6. The van der Waals surface area contributed by atoms with Crippen LogP contribution >= 0.6 is 38.9 Å². The lowest BCUT2D eigenvalue weighted by molar-refractivity contribution is 0.415. The van der Waals surface area contributed by atoms with Crippen LogP contribution in [0.4, 0.5) is 0 Å². The molecule has 0 atom stereocenters. The summed E-state index contributed by atoms with van der Waals surface area (Å²) in [5, 5.41) is 21.5. The van der Waals surface area contributed by atoms with Crippen molar-refractivity contribution >= 4 is 60.1 Å². The molecule has 0 aliphatic heterocycles. The van der Waals surface area contributed by atoms with E-state index in [1.165, 1.54) is 0 Å². The van der Waals surface area contributed by atoms with Gasteiger partial charge in [0.05, 0.1) is 28.4 Å². The molecule has 0 heterocycles. The highest BCUT2D eigenvalue weighted by molar-refractivity contribution is 7.79. The summed E-state index contributed by atoms with van der Waals surface area (Å²) in [6.45, 7) is 3.99. The van der Waals surface area contributed by atoms with Crippen molar-refractivity contribution in [3.8, 4) is 23.0 Å². The molecular formula is C30H38Cl2N2O4P2. The maximum atomic E-state index is 8.69. The van der Waals surface area contributed by atoms with Crippen LogP contribution in [0.3, 0.4) is 0 Å². The van der Waals surface area contributed by atoms with Gasteiger partial charge in [0.15, 0.2) is 0 Å². The van der Waals surface area contributed by atoms with Crippen LogP contribution in [-0.4, -0.2) is 41.8 Å². The van der Waals surface area contributed by atoms with Crippen molar-refractivity contribution in [2.24, 2.45) is 0 Å². The van der Waals surface area contributed by atoms with Gasteiger partial charge in [-0.1, -0.05) is 0 Å². The van der Waals surface area contributed by atoms with E-state index in [9.17, 15) is 0 Å². The summed E-state index contributed by atoms with van der Waals surface area (Å²) in [4.78, 5) is 0. The van der Waals surface area contributed by atoms with Gasteiger partial charge >= 0.3 is 0 Å². The van der Waals surface area contributed by atoms with Gasteiger partial charge in [-0.2, -0.15) is 0 Å². The van der Waals surface area contributed by atoms with E-state index in [-0.39, 0.29) is 24.8 Å². The highest BCUT2D eigenvalue weighted by Crippen LogP contribution is 2.41. The summed E-state index contributed by atoms with van der Waals surface area (Å²) in [5.41, 5.74) is 0. The molecule has 0 saturated heterocycles. The largest absolute Gasteiger partial charge is 0.497 e. The summed E-state index contributed by atoms with van der Waals surface area (Å²) in [5.74, 6) is 3.27. The number of benzene rings is 4. The summed E-state index contributed by atoms with van der Waals surface area (Å²) in [6.07, 6.45) is 0. The maximum Gasteiger partial charge on any atom is 0.118 e. The molecule has 216 valence electrons. The molecule has 0 radical (unpaired) electrons. The average Bonchev–Trinajstić information content (AvgIpc) is 2.97. The molecule has 40 heavy (non-hydrogen) atoms. The van der Waals surface area contributed by atoms with Crippen molar-refractivity contribution in [3.05, 3.63) is 97.1 Å². The smallest absolute Gasteiger partial charge is 0.118 e. The first-order valence-corrected chi connectivity index (χ1v) is 16.4. The number of methoxy groups -OCH3 is 4. The summed E-state index contributed by atoms with van der Waals surface area (Å²) in [7, 11) is 2.45. The van der Waals surface area contributed by atoms with Gasteiger partial charge in [0, 0.05) is 14.1 Å². The zero-order chi connectivity index (χ0) is 27.8. The van der Waals surface area contributed by atoms with Crippen molar-refractivity contribution in [1.29, 1.82) is 10.3 Å². The Kier molecular flexibility index (Phi) is 13.9. The first-order chi connectivity index (χ1) is 18.1. The van der Waals surface area contributed by atoms with E-state index in [1.54, 1.807) is 28.4 Å². The lowest BCUT2D eigenvalue weighted by Crippen LogP contribution is -2.14. The first-order valence-electron chi connectivity index (χ1n) is 12.0. The van der Waals surface area contributed by atoms with E-state index in [0.717, 1.165) is 44.2 Å². The molecule has 0 saturated carbocycles. The number of ether oxygens (including phenoxy) is 4. The van der Waals surface area contributed by atoms with Gasteiger partial charge in [-0.25, -0.2) is 0 Å². The van der Waals surface area contributed by atoms with E-state index in [2.05, 4.69) is 0 Å². The van der Waals surface area contributed by atoms with Crippen molar-refractivity contribution in [2.45, 2.75) is 0 Å². The van der Waals surface area contributed by atoms with Crippen molar-refractivity contribution in [2.75, 3.05) is 41.8 Å². The molecule has 6 nitrogen and oxygen atoms in total. The van der Waals surface area contributed by atoms with Gasteiger partial charge in [0.2, 0.25) is 0 Å². The number of hydrogen-bond donors (Lipinski definition) is 2. The maximum absolute atomic E-state index is 8.69. The third-order valence-corrected chi connectivity index (χ3v) is 11.7. The van der Waals surface area contributed by atoms with Gasteiger partial charge in [-0.15, -0.1) is 24.8 Å². The Morgan fingerprint density at radius 1 is 0.375 bits per heavy atom. The molecule has 10 heteroatoms. The molecule has 4 rings (SSSR count). The third-order valence-electron chi connectivity index (χ3n) is 6.36. The minimum absolute atomic E-state index is 0. The van der Waals surface area contributed by atoms with Crippen molar-refractivity contribution in [3.63, 3.8) is 0 Å². The monoisotopic (exact) mass is 622 g/mol. The standard InChI is InChI=1S/2C15H18NO2P.2ClH/c2*1-17-12-4-8-14(9-5-12)19(3,16)15-10-6-13(18-2)7-11-15;;/h2*4-11,16H,1-3H3;2*1H. The number of hydrogen-bond acceptors (Lipinski definition) is 6. The topological polar surface area (TPSA) is 84.6 Å². The lowest BCUT2D eigenvalue weighted by Gasteiger charge is -2.18. The Morgan fingerprint density at radius 2 is 0.525 bits per heavy atom. The Hall–Kier alpha value is -2.88. The SMILES string of the molecule is COc1ccc(P(C)(=N)c2ccc(OC)cc2)cc1.COc1ccc(P(C)(=N)c2ccc(OC)cc2)cc1.Cl.Cl. The lowest BCUT2D eigenvalue weighted by atomic mass is 10.3. The molecular weight excluding hydrogens is 585 g/mol. The van der Waals surface area contributed by atoms with Crippen LogP contribution < -0.4 is 40.2 Å². The second-order valence-corrected chi connectivity index (χ2v) is 14.9. The van der Waals surface area contributed by atoms with Gasteiger partial charge in [0.1, 0.15) is 23.0 Å².